The van der Waals surface area contributed by atoms with Crippen LogP contribution in [-0.4, -0.2) is 22.0 Å². The molecule has 0 spiro atoms. The van der Waals surface area contributed by atoms with Crippen molar-refractivity contribution in [3.8, 4) is 0 Å². The number of carbonyl (C=O) groups is 3. The molecule has 0 heterocycles. The second-order valence-corrected chi connectivity index (χ2v) is 3.64. The molecule has 1 aromatic carbocycles. The standard InChI is InChI=1S/C11H10O4S/c12-9(11(15)16)6-8(10(13)14)7-4-2-1-3-5-7/h1-5,8H,6H2,(H,13,14)(H,15,16). The van der Waals surface area contributed by atoms with Gasteiger partial charge in [0.05, 0.1) is 5.92 Å². The molecule has 84 valence electrons. The van der Waals surface area contributed by atoms with Gasteiger partial charge in [-0.2, -0.15) is 0 Å². The summed E-state index contributed by atoms with van der Waals surface area (Å²) in [5.41, 5.74) is 0.498. The van der Waals surface area contributed by atoms with E-state index in [0.29, 0.717) is 5.56 Å². The van der Waals surface area contributed by atoms with Gasteiger partial charge in [-0.25, -0.2) is 0 Å². The predicted octanol–water partition coefficient (Wildman–Crippen LogP) is 1.27. The maximum atomic E-state index is 11.1. The van der Waals surface area contributed by atoms with Gasteiger partial charge in [0.2, 0.25) is 5.78 Å². The third kappa shape index (κ3) is 3.20. The summed E-state index contributed by atoms with van der Waals surface area (Å²) in [5, 5.41) is 8.05. The SMILES string of the molecule is O=C(S)C(=O)CC(C(=O)O)c1ccccc1. The van der Waals surface area contributed by atoms with Gasteiger partial charge >= 0.3 is 5.97 Å². The van der Waals surface area contributed by atoms with E-state index in [1.54, 1.807) is 30.3 Å². The Morgan fingerprint density at radius 2 is 1.75 bits per heavy atom. The van der Waals surface area contributed by atoms with Gasteiger partial charge in [-0.05, 0) is 5.56 Å². The monoisotopic (exact) mass is 238 g/mol. The van der Waals surface area contributed by atoms with Crippen molar-refractivity contribution >= 4 is 29.5 Å². The second-order valence-electron chi connectivity index (χ2n) is 3.23. The number of carbonyl (C=O) groups excluding carboxylic acids is 2. The number of Topliss-reactive ketones (excluding diaryl/α,β-unsaturated/α-hetero) is 1. The highest BCUT2D eigenvalue weighted by molar-refractivity contribution is 7.98. The van der Waals surface area contributed by atoms with Crippen LogP contribution in [0.5, 0.6) is 0 Å². The molecule has 0 aliphatic rings. The van der Waals surface area contributed by atoms with Gasteiger partial charge in [0.15, 0.2) is 0 Å². The van der Waals surface area contributed by atoms with Crippen molar-refractivity contribution < 1.29 is 19.5 Å². The molecule has 1 aromatic rings. The quantitative estimate of drug-likeness (QED) is 0.598. The zero-order chi connectivity index (χ0) is 12.1. The molecule has 5 heteroatoms. The minimum atomic E-state index is -1.13. The van der Waals surface area contributed by atoms with Crippen molar-refractivity contribution in [3.63, 3.8) is 0 Å². The Labute approximate surface area is 97.7 Å². The fraction of sp³-hybridized carbons (Fsp3) is 0.182. The Hall–Kier alpha value is -1.62. The molecule has 4 nitrogen and oxygen atoms in total. The predicted molar refractivity (Wildman–Crippen MR) is 60.4 cm³/mol. The number of carboxylic acid groups (broad SMARTS) is 1. The van der Waals surface area contributed by atoms with E-state index in [0.717, 1.165) is 0 Å². The molecular weight excluding hydrogens is 228 g/mol. The van der Waals surface area contributed by atoms with E-state index in [-0.39, 0.29) is 6.42 Å². The molecule has 0 amide bonds. The lowest BCUT2D eigenvalue weighted by atomic mass is 9.94. The summed E-state index contributed by atoms with van der Waals surface area (Å²) < 4.78 is 0. The molecule has 0 fully saturated rings. The van der Waals surface area contributed by atoms with E-state index >= 15 is 0 Å². The lowest BCUT2D eigenvalue weighted by Crippen LogP contribution is -2.19. The smallest absolute Gasteiger partial charge is 0.311 e. The molecule has 1 unspecified atom stereocenters. The lowest BCUT2D eigenvalue weighted by molar-refractivity contribution is -0.141. The van der Waals surface area contributed by atoms with E-state index in [9.17, 15) is 14.4 Å². The summed E-state index contributed by atoms with van der Waals surface area (Å²) in [6, 6.07) is 8.31. The average molecular weight is 238 g/mol. The van der Waals surface area contributed by atoms with Crippen molar-refractivity contribution in [1.29, 1.82) is 0 Å². The van der Waals surface area contributed by atoms with Gasteiger partial charge in [0.1, 0.15) is 0 Å². The minimum absolute atomic E-state index is 0.359. The number of carboxylic acids is 1. The maximum Gasteiger partial charge on any atom is 0.311 e. The van der Waals surface area contributed by atoms with Crippen LogP contribution < -0.4 is 0 Å². The third-order valence-electron chi connectivity index (χ3n) is 2.13. The molecule has 1 atom stereocenters. The van der Waals surface area contributed by atoms with Crippen LogP contribution in [0.2, 0.25) is 0 Å². The van der Waals surface area contributed by atoms with Crippen LogP contribution in [0.15, 0.2) is 30.3 Å². The Morgan fingerprint density at radius 3 is 2.19 bits per heavy atom. The number of hydrogen-bond donors (Lipinski definition) is 2. The molecule has 0 saturated heterocycles. The maximum absolute atomic E-state index is 11.1. The fourth-order valence-corrected chi connectivity index (χ4v) is 1.40. The van der Waals surface area contributed by atoms with Crippen LogP contribution in [0.4, 0.5) is 0 Å². The third-order valence-corrected chi connectivity index (χ3v) is 2.38. The first-order valence-electron chi connectivity index (χ1n) is 4.56. The van der Waals surface area contributed by atoms with Crippen molar-refractivity contribution in [2.24, 2.45) is 0 Å². The summed E-state index contributed by atoms with van der Waals surface area (Å²) >= 11 is 3.37. The number of ketones is 1. The molecule has 0 aliphatic heterocycles. The Bertz CT molecular complexity index is 413. The van der Waals surface area contributed by atoms with E-state index in [1.165, 1.54) is 0 Å². The summed E-state index contributed by atoms with van der Waals surface area (Å²) in [4.78, 5) is 32.8. The Kier molecular flexibility index (Phi) is 4.25. The summed E-state index contributed by atoms with van der Waals surface area (Å²) in [5.74, 6) is -2.92. The van der Waals surface area contributed by atoms with Gasteiger partial charge in [0.25, 0.3) is 5.12 Å². The van der Waals surface area contributed by atoms with Crippen molar-refractivity contribution in [2.45, 2.75) is 12.3 Å². The van der Waals surface area contributed by atoms with Crippen LogP contribution >= 0.6 is 12.6 Å². The second kappa shape index (κ2) is 5.46. The largest absolute Gasteiger partial charge is 0.481 e. The van der Waals surface area contributed by atoms with Crippen LogP contribution in [0.1, 0.15) is 17.9 Å². The molecule has 0 radical (unpaired) electrons. The Balaban J connectivity index is 2.89. The normalized spacial score (nSPS) is 11.8. The van der Waals surface area contributed by atoms with Gasteiger partial charge in [-0.15, -0.1) is 0 Å². The zero-order valence-electron chi connectivity index (χ0n) is 8.29. The number of benzene rings is 1. The number of hydrogen-bond acceptors (Lipinski definition) is 3. The molecule has 1 N–H and O–H groups in total. The fourth-order valence-electron chi connectivity index (χ4n) is 1.31. The first-order valence-corrected chi connectivity index (χ1v) is 5.01. The highest BCUT2D eigenvalue weighted by Crippen LogP contribution is 2.20. The molecule has 0 bridgehead atoms. The number of rotatable bonds is 5. The van der Waals surface area contributed by atoms with Gasteiger partial charge < -0.3 is 5.11 Å². The summed E-state index contributed by atoms with van der Waals surface area (Å²) in [6.07, 6.45) is -0.359. The van der Waals surface area contributed by atoms with Crippen LogP contribution in [0, 0.1) is 0 Å². The summed E-state index contributed by atoms with van der Waals surface area (Å²) in [6.45, 7) is 0. The van der Waals surface area contributed by atoms with E-state index < -0.39 is 22.8 Å². The van der Waals surface area contributed by atoms with Crippen LogP contribution in [0.3, 0.4) is 0 Å². The number of aliphatic carboxylic acids is 1. The van der Waals surface area contributed by atoms with Gasteiger partial charge in [-0.1, -0.05) is 43.0 Å². The minimum Gasteiger partial charge on any atom is -0.481 e. The van der Waals surface area contributed by atoms with Crippen LogP contribution in [-0.2, 0) is 14.4 Å². The molecular formula is C11H10O4S. The zero-order valence-corrected chi connectivity index (χ0v) is 9.18. The topological polar surface area (TPSA) is 71.4 Å². The van der Waals surface area contributed by atoms with Gasteiger partial charge in [-0.3, -0.25) is 14.4 Å². The molecule has 0 aliphatic carbocycles. The van der Waals surface area contributed by atoms with Crippen molar-refractivity contribution in [3.05, 3.63) is 35.9 Å². The van der Waals surface area contributed by atoms with Gasteiger partial charge in [0, 0.05) is 6.42 Å². The highest BCUT2D eigenvalue weighted by atomic mass is 32.1. The first kappa shape index (κ1) is 12.4. The van der Waals surface area contributed by atoms with Crippen molar-refractivity contribution in [2.75, 3.05) is 0 Å². The molecule has 0 aromatic heterocycles. The Morgan fingerprint density at radius 1 is 1.19 bits per heavy atom. The molecule has 16 heavy (non-hydrogen) atoms. The average Bonchev–Trinajstić information content (AvgIpc) is 2.26. The number of thiol groups is 1. The molecule has 1 rings (SSSR count). The lowest BCUT2D eigenvalue weighted by Gasteiger charge is -2.10. The van der Waals surface area contributed by atoms with Crippen LogP contribution in [0.25, 0.3) is 0 Å². The summed E-state index contributed by atoms with van der Waals surface area (Å²) in [7, 11) is 0. The van der Waals surface area contributed by atoms with E-state index in [2.05, 4.69) is 12.6 Å². The first-order chi connectivity index (χ1) is 7.52. The molecule has 0 saturated carbocycles. The van der Waals surface area contributed by atoms with Crippen molar-refractivity contribution in [1.82, 2.24) is 0 Å². The highest BCUT2D eigenvalue weighted by Gasteiger charge is 2.24. The van der Waals surface area contributed by atoms with E-state index in [4.69, 9.17) is 5.11 Å². The van der Waals surface area contributed by atoms with E-state index in [1.807, 2.05) is 0 Å².